The molecule has 3 aliphatic rings. The zero-order chi connectivity index (χ0) is 26.7. The number of carbonyl (C=O) groups is 1. The molecule has 0 saturated carbocycles. The van der Waals surface area contributed by atoms with Gasteiger partial charge in [-0.2, -0.15) is 5.26 Å². The molecule has 2 aliphatic heterocycles. The monoisotopic (exact) mass is 520 g/mol. The summed E-state index contributed by atoms with van der Waals surface area (Å²) in [6.45, 7) is 4.51. The van der Waals surface area contributed by atoms with Crippen LogP contribution in [0.1, 0.15) is 41.1 Å². The highest BCUT2D eigenvalue weighted by Crippen LogP contribution is 2.45. The number of likely N-dealkylation sites (tertiary alicyclic amines) is 1. The van der Waals surface area contributed by atoms with Gasteiger partial charge in [-0.25, -0.2) is 0 Å². The van der Waals surface area contributed by atoms with Crippen molar-refractivity contribution in [1.29, 1.82) is 5.26 Å². The highest BCUT2D eigenvalue weighted by molar-refractivity contribution is 5.91. The standard InChI is InChI=1S/C32H28N2O5/c1-18-22(19-5-8-28-30(14-19)38-12-11-37-28)3-2-4-23(18)29-15-21-13-25-24(26(16-33)31(21)39-29)6-7-27(25)34-10-9-20(17-34)32(35)36/h2-5,8,13-15,20,27H,6-7,9-12,17H2,1H3,(H,35,36). The molecule has 1 aromatic heterocycles. The fraction of sp³-hybridized carbons (Fsp3) is 0.312. The van der Waals surface area contributed by atoms with Gasteiger partial charge in [0, 0.05) is 23.5 Å². The summed E-state index contributed by atoms with van der Waals surface area (Å²) in [6.07, 6.45) is 2.36. The summed E-state index contributed by atoms with van der Waals surface area (Å²) in [4.78, 5) is 13.8. The molecule has 0 spiro atoms. The number of hydrogen-bond acceptors (Lipinski definition) is 6. The third-order valence-corrected chi connectivity index (χ3v) is 8.55. The van der Waals surface area contributed by atoms with Crippen LogP contribution >= 0.6 is 0 Å². The molecule has 1 aliphatic carbocycles. The number of aliphatic carboxylic acids is 1. The Labute approximate surface area is 226 Å². The minimum Gasteiger partial charge on any atom is -0.486 e. The summed E-state index contributed by atoms with van der Waals surface area (Å²) in [7, 11) is 0. The van der Waals surface area contributed by atoms with Crippen LogP contribution < -0.4 is 9.47 Å². The number of rotatable bonds is 4. The van der Waals surface area contributed by atoms with E-state index in [0.29, 0.717) is 37.3 Å². The second-order valence-corrected chi connectivity index (χ2v) is 10.7. The smallest absolute Gasteiger partial charge is 0.307 e. The number of nitrogens with zero attached hydrogens (tertiary/aromatic N) is 2. The predicted octanol–water partition coefficient (Wildman–Crippen LogP) is 6.11. The summed E-state index contributed by atoms with van der Waals surface area (Å²) in [5, 5.41) is 20.6. The van der Waals surface area contributed by atoms with Gasteiger partial charge >= 0.3 is 5.97 Å². The van der Waals surface area contributed by atoms with E-state index in [1.54, 1.807) is 0 Å². The molecule has 7 nitrogen and oxygen atoms in total. The van der Waals surface area contributed by atoms with E-state index in [-0.39, 0.29) is 12.0 Å². The summed E-state index contributed by atoms with van der Waals surface area (Å²) in [6, 6.07) is 18.9. The van der Waals surface area contributed by atoms with Gasteiger partial charge in [0.2, 0.25) is 0 Å². The Balaban J connectivity index is 1.28. The van der Waals surface area contributed by atoms with Gasteiger partial charge in [0.1, 0.15) is 25.0 Å². The van der Waals surface area contributed by atoms with E-state index in [2.05, 4.69) is 30.0 Å². The number of benzene rings is 3. The maximum Gasteiger partial charge on any atom is 0.307 e. The van der Waals surface area contributed by atoms with Crippen LogP contribution in [0.3, 0.4) is 0 Å². The molecule has 196 valence electrons. The average Bonchev–Trinajstić information content (AvgIpc) is 3.70. The van der Waals surface area contributed by atoms with Crippen LogP contribution in [0.2, 0.25) is 0 Å². The largest absolute Gasteiger partial charge is 0.486 e. The maximum absolute atomic E-state index is 11.5. The molecule has 7 rings (SSSR count). The Bertz CT molecular complexity index is 1680. The van der Waals surface area contributed by atoms with E-state index in [1.807, 2.05) is 36.4 Å². The van der Waals surface area contributed by atoms with E-state index in [0.717, 1.165) is 75.4 Å². The zero-order valence-corrected chi connectivity index (χ0v) is 21.7. The molecule has 39 heavy (non-hydrogen) atoms. The van der Waals surface area contributed by atoms with Crippen LogP contribution in [-0.4, -0.2) is 42.3 Å². The minimum atomic E-state index is -0.725. The van der Waals surface area contributed by atoms with E-state index in [9.17, 15) is 15.2 Å². The van der Waals surface area contributed by atoms with E-state index < -0.39 is 5.97 Å². The lowest BCUT2D eigenvalue weighted by Crippen LogP contribution is -2.26. The summed E-state index contributed by atoms with van der Waals surface area (Å²) < 4.78 is 17.9. The summed E-state index contributed by atoms with van der Waals surface area (Å²) >= 11 is 0. The first-order valence-corrected chi connectivity index (χ1v) is 13.5. The van der Waals surface area contributed by atoms with Gasteiger partial charge in [-0.15, -0.1) is 0 Å². The van der Waals surface area contributed by atoms with E-state index >= 15 is 0 Å². The van der Waals surface area contributed by atoms with Crippen molar-refractivity contribution in [3.05, 3.63) is 70.8 Å². The number of furan rings is 1. The van der Waals surface area contributed by atoms with Gasteiger partial charge < -0.3 is 19.0 Å². The molecule has 0 radical (unpaired) electrons. The Morgan fingerprint density at radius 3 is 2.67 bits per heavy atom. The van der Waals surface area contributed by atoms with Crippen molar-refractivity contribution in [2.24, 2.45) is 5.92 Å². The van der Waals surface area contributed by atoms with Crippen LogP contribution in [0.4, 0.5) is 0 Å². The topological polar surface area (TPSA) is 95.9 Å². The van der Waals surface area contributed by atoms with Crippen LogP contribution in [0.15, 0.2) is 52.9 Å². The van der Waals surface area contributed by atoms with E-state index in [1.165, 1.54) is 0 Å². The van der Waals surface area contributed by atoms with Gasteiger partial charge in [-0.05, 0) is 84.8 Å². The summed E-state index contributed by atoms with van der Waals surface area (Å²) in [5.41, 5.74) is 7.58. The van der Waals surface area contributed by atoms with Crippen molar-refractivity contribution in [2.45, 2.75) is 32.2 Å². The van der Waals surface area contributed by atoms with Crippen molar-refractivity contribution >= 4 is 16.9 Å². The maximum atomic E-state index is 11.5. The Morgan fingerprint density at radius 2 is 1.87 bits per heavy atom. The zero-order valence-electron chi connectivity index (χ0n) is 21.7. The Kier molecular flexibility index (Phi) is 5.60. The van der Waals surface area contributed by atoms with Crippen molar-refractivity contribution in [2.75, 3.05) is 26.3 Å². The lowest BCUT2D eigenvalue weighted by molar-refractivity contribution is -0.141. The van der Waals surface area contributed by atoms with Gasteiger partial charge in [0.15, 0.2) is 17.1 Å². The third kappa shape index (κ3) is 3.86. The number of fused-ring (bicyclic) bond motifs is 3. The number of hydrogen-bond donors (Lipinski definition) is 1. The molecule has 2 atom stereocenters. The molecule has 3 heterocycles. The second-order valence-electron chi connectivity index (χ2n) is 10.7. The quantitative estimate of drug-likeness (QED) is 0.347. The first-order chi connectivity index (χ1) is 19.0. The highest BCUT2D eigenvalue weighted by Gasteiger charge is 2.37. The van der Waals surface area contributed by atoms with Gasteiger partial charge in [-0.3, -0.25) is 9.69 Å². The van der Waals surface area contributed by atoms with Gasteiger partial charge in [-0.1, -0.05) is 24.3 Å². The molecule has 7 heteroatoms. The normalized spacial score (nSPS) is 20.2. The molecule has 0 bridgehead atoms. The van der Waals surface area contributed by atoms with Gasteiger partial charge in [0.05, 0.1) is 11.5 Å². The second kappa shape index (κ2) is 9.18. The fourth-order valence-electron chi connectivity index (χ4n) is 6.58. The minimum absolute atomic E-state index is 0.138. The molecule has 4 aromatic rings. The lowest BCUT2D eigenvalue weighted by Gasteiger charge is -2.24. The predicted molar refractivity (Wildman–Crippen MR) is 146 cm³/mol. The first kappa shape index (κ1) is 23.8. The fourth-order valence-corrected chi connectivity index (χ4v) is 6.58. The lowest BCUT2D eigenvalue weighted by atomic mass is 9.94. The molecular formula is C32H28N2O5. The van der Waals surface area contributed by atoms with Crippen molar-refractivity contribution in [1.82, 2.24) is 4.90 Å². The molecule has 3 aromatic carbocycles. The SMILES string of the molecule is Cc1c(-c2ccc3c(c2)OCCO3)cccc1-c1cc2cc3c(c(C#N)c2o1)CCC3N1CCC(C(=O)O)C1. The van der Waals surface area contributed by atoms with Crippen molar-refractivity contribution in [3.8, 4) is 40.0 Å². The third-order valence-electron chi connectivity index (χ3n) is 8.55. The number of ether oxygens (including phenoxy) is 2. The van der Waals surface area contributed by atoms with Crippen molar-refractivity contribution in [3.63, 3.8) is 0 Å². The Hall–Kier alpha value is -4.28. The van der Waals surface area contributed by atoms with Crippen LogP contribution in [-0.2, 0) is 11.2 Å². The number of carboxylic acid groups (broad SMARTS) is 1. The number of carboxylic acids is 1. The average molecular weight is 521 g/mol. The van der Waals surface area contributed by atoms with Crippen LogP contribution in [0, 0.1) is 24.2 Å². The molecule has 2 unspecified atom stereocenters. The molecular weight excluding hydrogens is 492 g/mol. The first-order valence-electron chi connectivity index (χ1n) is 13.5. The van der Waals surface area contributed by atoms with Crippen LogP contribution in [0.25, 0.3) is 33.4 Å². The molecule has 1 saturated heterocycles. The van der Waals surface area contributed by atoms with Crippen LogP contribution in [0.5, 0.6) is 11.5 Å². The molecule has 0 amide bonds. The summed E-state index contributed by atoms with van der Waals surface area (Å²) in [5.74, 6) is 1.20. The number of nitriles is 1. The molecule has 1 N–H and O–H groups in total. The van der Waals surface area contributed by atoms with E-state index in [4.69, 9.17) is 13.9 Å². The van der Waals surface area contributed by atoms with Crippen molar-refractivity contribution < 1.29 is 23.8 Å². The Morgan fingerprint density at radius 1 is 1.05 bits per heavy atom. The molecule has 1 fully saturated rings. The van der Waals surface area contributed by atoms with Gasteiger partial charge in [0.25, 0.3) is 0 Å². The highest BCUT2D eigenvalue weighted by atomic mass is 16.6.